The molecule has 0 spiro atoms. The summed E-state index contributed by atoms with van der Waals surface area (Å²) in [6, 6.07) is 5.76. The van der Waals surface area contributed by atoms with E-state index in [0.29, 0.717) is 5.95 Å². The van der Waals surface area contributed by atoms with Gasteiger partial charge in [-0.3, -0.25) is 4.68 Å². The highest BCUT2D eigenvalue weighted by Crippen LogP contribution is 2.11. The van der Waals surface area contributed by atoms with E-state index in [9.17, 15) is 0 Å². The minimum Gasteiger partial charge on any atom is -0.351 e. The van der Waals surface area contributed by atoms with Crippen LogP contribution in [0.5, 0.6) is 0 Å². The van der Waals surface area contributed by atoms with Gasteiger partial charge < -0.3 is 5.32 Å². The Hall–Kier alpha value is -1.89. The largest absolute Gasteiger partial charge is 0.351 e. The number of fused-ring (bicyclic) bond motifs is 1. The van der Waals surface area contributed by atoms with Gasteiger partial charge in [0, 0.05) is 29.6 Å². The second-order valence-electron chi connectivity index (χ2n) is 3.78. The Morgan fingerprint density at radius 1 is 1.33 bits per heavy atom. The lowest BCUT2D eigenvalue weighted by molar-refractivity contribution is 0.636. The zero-order valence-corrected chi connectivity index (χ0v) is 11.1. The van der Waals surface area contributed by atoms with E-state index in [-0.39, 0.29) is 0 Å². The topological polar surface area (TPSA) is 60.0 Å². The second kappa shape index (κ2) is 4.77. The monoisotopic (exact) mass is 306 g/mol. The minimum atomic E-state index is 0.625. The predicted molar refractivity (Wildman–Crippen MR) is 71.4 cm³/mol. The van der Waals surface area contributed by atoms with Crippen LogP contribution in [-0.4, -0.2) is 30.9 Å². The minimum absolute atomic E-state index is 0.625. The third-order valence-electron chi connectivity index (χ3n) is 2.48. The smallest absolute Gasteiger partial charge is 0.243 e. The van der Waals surface area contributed by atoms with Crippen molar-refractivity contribution in [2.45, 2.75) is 6.54 Å². The first-order valence-corrected chi connectivity index (χ1v) is 6.34. The van der Waals surface area contributed by atoms with E-state index in [2.05, 4.69) is 36.4 Å². The van der Waals surface area contributed by atoms with Gasteiger partial charge in [-0.05, 0) is 34.1 Å². The number of halogens is 1. The average Bonchev–Trinajstić information content (AvgIpc) is 2.97. The van der Waals surface area contributed by atoms with E-state index in [0.717, 1.165) is 23.2 Å². The summed E-state index contributed by atoms with van der Waals surface area (Å²) in [5.41, 5.74) is 0.819. The molecule has 0 aromatic carbocycles. The van der Waals surface area contributed by atoms with Crippen LogP contribution in [0.4, 0.5) is 5.95 Å². The summed E-state index contributed by atoms with van der Waals surface area (Å²) in [6.45, 7) is 1.52. The Labute approximate surface area is 112 Å². The fourth-order valence-corrected chi connectivity index (χ4v) is 1.97. The first kappa shape index (κ1) is 11.2. The van der Waals surface area contributed by atoms with Crippen molar-refractivity contribution in [2.24, 2.45) is 0 Å². The maximum atomic E-state index is 4.36. The number of hydrogen-bond acceptors (Lipinski definition) is 4. The Morgan fingerprint density at radius 2 is 2.28 bits per heavy atom. The van der Waals surface area contributed by atoms with E-state index >= 15 is 0 Å². The fourth-order valence-electron chi connectivity index (χ4n) is 1.65. The van der Waals surface area contributed by atoms with Gasteiger partial charge in [-0.1, -0.05) is 0 Å². The molecule has 0 aliphatic heterocycles. The predicted octanol–water partition coefficient (Wildman–Crippen LogP) is 1.80. The summed E-state index contributed by atoms with van der Waals surface area (Å²) in [5.74, 6) is 0.625. The zero-order chi connectivity index (χ0) is 12.4. The van der Waals surface area contributed by atoms with Crippen LogP contribution in [0.3, 0.4) is 0 Å². The maximum Gasteiger partial charge on any atom is 0.243 e. The molecule has 0 bridgehead atoms. The van der Waals surface area contributed by atoms with Crippen LogP contribution in [0.25, 0.3) is 5.65 Å². The third-order valence-corrected chi connectivity index (χ3v) is 2.95. The number of aromatic nitrogens is 5. The Bertz CT molecular complexity index is 645. The zero-order valence-electron chi connectivity index (χ0n) is 9.49. The highest BCUT2D eigenvalue weighted by Gasteiger charge is 2.02. The standard InChI is InChI=1S/C11H11BrN6/c12-9-2-3-10-15-11(16-18(10)8-9)13-5-7-17-6-1-4-14-17/h1-4,6,8H,5,7H2,(H,13,16). The van der Waals surface area contributed by atoms with Gasteiger partial charge >= 0.3 is 0 Å². The van der Waals surface area contributed by atoms with Crippen LogP contribution in [0, 0.1) is 0 Å². The van der Waals surface area contributed by atoms with Crippen molar-refractivity contribution < 1.29 is 0 Å². The summed E-state index contributed by atoms with van der Waals surface area (Å²) in [4.78, 5) is 4.36. The molecule has 0 radical (unpaired) electrons. The molecule has 3 rings (SSSR count). The van der Waals surface area contributed by atoms with Gasteiger partial charge in [0.15, 0.2) is 5.65 Å². The summed E-state index contributed by atoms with van der Waals surface area (Å²) >= 11 is 3.40. The molecule has 3 aromatic rings. The molecular formula is C11H11BrN6. The SMILES string of the molecule is Brc1ccc2nc(NCCn3cccn3)nn2c1. The van der Waals surface area contributed by atoms with Crippen LogP contribution >= 0.6 is 15.9 Å². The van der Waals surface area contributed by atoms with Crippen molar-refractivity contribution in [1.29, 1.82) is 0 Å². The van der Waals surface area contributed by atoms with E-state index < -0.39 is 0 Å². The number of pyridine rings is 1. The van der Waals surface area contributed by atoms with Crippen LogP contribution in [0.1, 0.15) is 0 Å². The van der Waals surface area contributed by atoms with Crippen LogP contribution in [0.2, 0.25) is 0 Å². The highest BCUT2D eigenvalue weighted by molar-refractivity contribution is 9.10. The molecule has 3 heterocycles. The molecule has 0 aliphatic rings. The summed E-state index contributed by atoms with van der Waals surface area (Å²) in [7, 11) is 0. The summed E-state index contributed by atoms with van der Waals surface area (Å²) < 4.78 is 4.57. The molecule has 7 heteroatoms. The maximum absolute atomic E-state index is 4.36. The van der Waals surface area contributed by atoms with Gasteiger partial charge in [0.1, 0.15) is 0 Å². The van der Waals surface area contributed by atoms with Crippen molar-refractivity contribution in [3.8, 4) is 0 Å². The van der Waals surface area contributed by atoms with Crippen molar-refractivity contribution in [1.82, 2.24) is 24.4 Å². The molecule has 6 nitrogen and oxygen atoms in total. The second-order valence-corrected chi connectivity index (χ2v) is 4.70. The Balaban J connectivity index is 1.67. The molecule has 3 aromatic heterocycles. The quantitative estimate of drug-likeness (QED) is 0.798. The molecule has 0 aliphatic carbocycles. The van der Waals surface area contributed by atoms with E-state index in [1.165, 1.54) is 0 Å². The number of nitrogens with zero attached hydrogens (tertiary/aromatic N) is 5. The van der Waals surface area contributed by atoms with Gasteiger partial charge in [0.2, 0.25) is 5.95 Å². The van der Waals surface area contributed by atoms with Gasteiger partial charge in [-0.2, -0.15) is 10.1 Å². The van der Waals surface area contributed by atoms with Gasteiger partial charge in [-0.15, -0.1) is 5.10 Å². The van der Waals surface area contributed by atoms with Gasteiger partial charge in [0.05, 0.1) is 6.54 Å². The molecule has 1 N–H and O–H groups in total. The molecule has 0 unspecified atom stereocenters. The first-order chi connectivity index (χ1) is 8.81. The van der Waals surface area contributed by atoms with E-state index in [4.69, 9.17) is 0 Å². The lowest BCUT2D eigenvalue weighted by Gasteiger charge is -2.01. The molecule has 0 atom stereocenters. The Morgan fingerprint density at radius 3 is 3.11 bits per heavy atom. The molecule has 0 saturated carbocycles. The fraction of sp³-hybridized carbons (Fsp3) is 0.182. The number of anilines is 1. The van der Waals surface area contributed by atoms with Gasteiger partial charge in [0.25, 0.3) is 0 Å². The molecule has 18 heavy (non-hydrogen) atoms. The first-order valence-electron chi connectivity index (χ1n) is 5.54. The van der Waals surface area contributed by atoms with Gasteiger partial charge in [-0.25, -0.2) is 4.52 Å². The lowest BCUT2D eigenvalue weighted by Crippen LogP contribution is -2.11. The molecular weight excluding hydrogens is 296 g/mol. The van der Waals surface area contributed by atoms with Crippen molar-refractivity contribution in [3.63, 3.8) is 0 Å². The normalized spacial score (nSPS) is 10.9. The van der Waals surface area contributed by atoms with E-state index in [1.54, 1.807) is 10.7 Å². The van der Waals surface area contributed by atoms with E-state index in [1.807, 2.05) is 35.3 Å². The van der Waals surface area contributed by atoms with Crippen LogP contribution in [0.15, 0.2) is 41.3 Å². The molecule has 0 amide bonds. The highest BCUT2D eigenvalue weighted by atomic mass is 79.9. The van der Waals surface area contributed by atoms with Crippen molar-refractivity contribution in [2.75, 3.05) is 11.9 Å². The number of hydrogen-bond donors (Lipinski definition) is 1. The summed E-state index contributed by atoms with van der Waals surface area (Å²) in [5, 5.41) is 11.6. The third kappa shape index (κ3) is 2.35. The van der Waals surface area contributed by atoms with Crippen LogP contribution in [-0.2, 0) is 6.54 Å². The Kier molecular flexibility index (Phi) is 2.97. The number of rotatable bonds is 4. The van der Waals surface area contributed by atoms with Crippen molar-refractivity contribution >= 4 is 27.5 Å². The molecule has 0 saturated heterocycles. The lowest BCUT2D eigenvalue weighted by atomic mass is 10.5. The molecule has 92 valence electrons. The van der Waals surface area contributed by atoms with Crippen LogP contribution < -0.4 is 5.32 Å². The number of nitrogens with one attached hydrogen (secondary N) is 1. The average molecular weight is 307 g/mol. The molecule has 0 fully saturated rings. The summed E-state index contributed by atoms with van der Waals surface area (Å²) in [6.07, 6.45) is 5.57. The van der Waals surface area contributed by atoms with Crippen molar-refractivity contribution in [3.05, 3.63) is 41.3 Å².